The molecule has 0 fully saturated rings. The first-order chi connectivity index (χ1) is 15.1. The summed E-state index contributed by atoms with van der Waals surface area (Å²) in [6, 6.07) is 17.9. The largest absolute Gasteiger partial charge is 0.454 e. The predicted octanol–water partition coefficient (Wildman–Crippen LogP) is 5.65. The number of rotatable bonds is 4. The quantitative estimate of drug-likeness (QED) is 0.581. The molecular formula is C25H22N2O3S. The van der Waals surface area contributed by atoms with E-state index in [9.17, 15) is 4.79 Å². The molecule has 0 radical (unpaired) electrons. The van der Waals surface area contributed by atoms with Crippen LogP contribution in [-0.4, -0.2) is 18.4 Å². The summed E-state index contributed by atoms with van der Waals surface area (Å²) in [5, 5.41) is 2.99. The first-order valence-corrected chi connectivity index (χ1v) is 11.1. The van der Waals surface area contributed by atoms with Crippen molar-refractivity contribution >= 4 is 29.1 Å². The Morgan fingerprint density at radius 2 is 1.87 bits per heavy atom. The summed E-state index contributed by atoms with van der Waals surface area (Å²) in [5.41, 5.74) is 5.84. The third-order valence-corrected chi connectivity index (χ3v) is 6.51. The first kappa shape index (κ1) is 19.7. The second-order valence-corrected chi connectivity index (χ2v) is 8.65. The van der Waals surface area contributed by atoms with E-state index in [-0.39, 0.29) is 12.7 Å². The second-order valence-electron chi connectivity index (χ2n) is 7.57. The van der Waals surface area contributed by atoms with Crippen molar-refractivity contribution in [3.8, 4) is 11.5 Å². The lowest BCUT2D eigenvalue weighted by Crippen LogP contribution is -2.22. The Labute approximate surface area is 185 Å². The SMILES string of the molecule is CCC1=Nc2cc(C(=O)NCc3ccc4c(c3)OCO4)ccc2Sc2ccc(C)cc21. The van der Waals surface area contributed by atoms with Crippen molar-refractivity contribution in [2.45, 2.75) is 36.6 Å². The minimum atomic E-state index is -0.128. The molecule has 0 saturated carbocycles. The van der Waals surface area contributed by atoms with E-state index in [1.165, 1.54) is 16.0 Å². The van der Waals surface area contributed by atoms with Crippen LogP contribution in [0, 0.1) is 6.92 Å². The van der Waals surface area contributed by atoms with Gasteiger partial charge in [-0.05, 0) is 61.4 Å². The summed E-state index contributed by atoms with van der Waals surface area (Å²) >= 11 is 1.70. The zero-order valence-corrected chi connectivity index (χ0v) is 18.2. The Hall–Kier alpha value is -3.25. The average Bonchev–Trinajstić information content (AvgIpc) is 3.19. The molecule has 0 aliphatic carbocycles. The van der Waals surface area contributed by atoms with Crippen LogP contribution >= 0.6 is 11.8 Å². The van der Waals surface area contributed by atoms with E-state index < -0.39 is 0 Å². The van der Waals surface area contributed by atoms with E-state index in [0.29, 0.717) is 17.9 Å². The molecule has 5 rings (SSSR count). The number of amides is 1. The molecule has 0 saturated heterocycles. The van der Waals surface area contributed by atoms with Gasteiger partial charge in [-0.15, -0.1) is 0 Å². The molecule has 6 heteroatoms. The van der Waals surface area contributed by atoms with Crippen LogP contribution in [0.1, 0.15) is 40.4 Å². The third-order valence-electron chi connectivity index (χ3n) is 5.37. The number of nitrogens with one attached hydrogen (secondary N) is 1. The topological polar surface area (TPSA) is 59.9 Å². The van der Waals surface area contributed by atoms with Gasteiger partial charge in [0.1, 0.15) is 0 Å². The molecule has 0 bridgehead atoms. The van der Waals surface area contributed by atoms with E-state index in [1.807, 2.05) is 36.4 Å². The van der Waals surface area contributed by atoms with Gasteiger partial charge in [0.05, 0.1) is 5.69 Å². The van der Waals surface area contributed by atoms with Gasteiger partial charge in [0.25, 0.3) is 5.91 Å². The summed E-state index contributed by atoms with van der Waals surface area (Å²) < 4.78 is 10.7. The number of carbonyl (C=O) groups excluding carboxylic acids is 1. The molecular weight excluding hydrogens is 408 g/mol. The third kappa shape index (κ3) is 3.91. The fraction of sp³-hybridized carbons (Fsp3) is 0.200. The van der Waals surface area contributed by atoms with Crippen LogP contribution in [0.3, 0.4) is 0 Å². The van der Waals surface area contributed by atoms with Crippen LogP contribution in [-0.2, 0) is 6.54 Å². The molecule has 1 N–H and O–H groups in total. The molecule has 3 aromatic carbocycles. The van der Waals surface area contributed by atoms with Crippen molar-refractivity contribution in [2.24, 2.45) is 4.99 Å². The minimum Gasteiger partial charge on any atom is -0.454 e. The Morgan fingerprint density at radius 1 is 1.03 bits per heavy atom. The van der Waals surface area contributed by atoms with Crippen LogP contribution in [0.5, 0.6) is 11.5 Å². The summed E-state index contributed by atoms with van der Waals surface area (Å²) in [5.74, 6) is 1.32. The van der Waals surface area contributed by atoms with Crippen LogP contribution in [0.25, 0.3) is 0 Å². The highest BCUT2D eigenvalue weighted by Gasteiger charge is 2.19. The lowest BCUT2D eigenvalue weighted by molar-refractivity contribution is 0.0951. The number of carbonyl (C=O) groups is 1. The van der Waals surface area contributed by atoms with Gasteiger partial charge < -0.3 is 14.8 Å². The van der Waals surface area contributed by atoms with E-state index in [4.69, 9.17) is 14.5 Å². The fourth-order valence-electron chi connectivity index (χ4n) is 3.72. The van der Waals surface area contributed by atoms with E-state index in [1.54, 1.807) is 11.8 Å². The molecule has 1 amide bonds. The van der Waals surface area contributed by atoms with Crippen molar-refractivity contribution in [3.63, 3.8) is 0 Å². The van der Waals surface area contributed by atoms with Crippen LogP contribution in [0.4, 0.5) is 5.69 Å². The van der Waals surface area contributed by atoms with Crippen molar-refractivity contribution in [2.75, 3.05) is 6.79 Å². The number of benzene rings is 3. The number of aryl methyl sites for hydroxylation is 1. The van der Waals surface area contributed by atoms with Crippen molar-refractivity contribution in [3.05, 3.63) is 76.9 Å². The molecule has 5 nitrogen and oxygen atoms in total. The standard InChI is InChI=1S/C25H22N2O3S/c1-3-19-18-10-15(2)4-8-23(18)31-24-9-6-17(12-20(24)27-19)25(28)26-13-16-5-7-21-22(11-16)30-14-29-21/h4-12H,3,13-14H2,1-2H3,(H,26,28). The predicted molar refractivity (Wildman–Crippen MR) is 122 cm³/mol. The Morgan fingerprint density at radius 3 is 2.74 bits per heavy atom. The maximum absolute atomic E-state index is 12.8. The van der Waals surface area contributed by atoms with Crippen molar-refractivity contribution in [1.29, 1.82) is 0 Å². The monoisotopic (exact) mass is 430 g/mol. The molecule has 0 aromatic heterocycles. The number of hydrogen-bond acceptors (Lipinski definition) is 5. The second kappa shape index (κ2) is 8.12. The lowest BCUT2D eigenvalue weighted by atomic mass is 10.0. The van der Waals surface area contributed by atoms with Gasteiger partial charge in [0.15, 0.2) is 11.5 Å². The van der Waals surface area contributed by atoms with Crippen molar-refractivity contribution in [1.82, 2.24) is 5.32 Å². The number of hydrogen-bond donors (Lipinski definition) is 1. The highest BCUT2D eigenvalue weighted by molar-refractivity contribution is 7.99. The summed E-state index contributed by atoms with van der Waals surface area (Å²) in [4.78, 5) is 20.0. The first-order valence-electron chi connectivity index (χ1n) is 10.3. The molecule has 3 aromatic rings. The molecule has 31 heavy (non-hydrogen) atoms. The Kier molecular flexibility index (Phi) is 5.16. The summed E-state index contributed by atoms with van der Waals surface area (Å²) in [7, 11) is 0. The maximum atomic E-state index is 12.8. The van der Waals surface area contributed by atoms with Gasteiger partial charge >= 0.3 is 0 Å². The maximum Gasteiger partial charge on any atom is 0.251 e. The number of fused-ring (bicyclic) bond motifs is 3. The number of aliphatic imine (C=N–C) groups is 1. The molecule has 2 aliphatic rings. The van der Waals surface area contributed by atoms with Crippen LogP contribution < -0.4 is 14.8 Å². The molecule has 2 heterocycles. The Bertz CT molecular complexity index is 1220. The molecule has 0 spiro atoms. The van der Waals surface area contributed by atoms with Gasteiger partial charge in [0.2, 0.25) is 6.79 Å². The zero-order valence-electron chi connectivity index (χ0n) is 17.4. The number of nitrogens with zero attached hydrogens (tertiary/aromatic N) is 1. The summed E-state index contributed by atoms with van der Waals surface area (Å²) in [6.07, 6.45) is 0.830. The van der Waals surface area contributed by atoms with E-state index in [0.717, 1.165) is 34.0 Å². The van der Waals surface area contributed by atoms with Crippen LogP contribution in [0.15, 0.2) is 69.4 Å². The molecule has 0 atom stereocenters. The Balaban J connectivity index is 1.38. The van der Waals surface area contributed by atoms with E-state index in [2.05, 4.69) is 37.4 Å². The van der Waals surface area contributed by atoms with E-state index >= 15 is 0 Å². The summed E-state index contributed by atoms with van der Waals surface area (Å²) in [6.45, 7) is 4.86. The van der Waals surface area contributed by atoms with Gasteiger partial charge in [-0.2, -0.15) is 0 Å². The van der Waals surface area contributed by atoms with Crippen LogP contribution in [0.2, 0.25) is 0 Å². The molecule has 2 aliphatic heterocycles. The molecule has 0 unspecified atom stereocenters. The van der Waals surface area contributed by atoms with Gasteiger partial charge in [0, 0.05) is 33.2 Å². The average molecular weight is 431 g/mol. The number of ether oxygens (including phenoxy) is 2. The van der Waals surface area contributed by atoms with Gasteiger partial charge in [-0.1, -0.05) is 36.4 Å². The van der Waals surface area contributed by atoms with Gasteiger partial charge in [-0.25, -0.2) is 0 Å². The smallest absolute Gasteiger partial charge is 0.251 e. The zero-order chi connectivity index (χ0) is 21.4. The highest BCUT2D eigenvalue weighted by atomic mass is 32.2. The van der Waals surface area contributed by atoms with Crippen molar-refractivity contribution < 1.29 is 14.3 Å². The lowest BCUT2D eigenvalue weighted by Gasteiger charge is -2.09. The minimum absolute atomic E-state index is 0.128. The highest BCUT2D eigenvalue weighted by Crippen LogP contribution is 2.41. The fourth-order valence-corrected chi connectivity index (χ4v) is 4.72. The normalized spacial score (nSPS) is 13.7. The van der Waals surface area contributed by atoms with Gasteiger partial charge in [-0.3, -0.25) is 9.79 Å². The molecule has 156 valence electrons.